The summed E-state index contributed by atoms with van der Waals surface area (Å²) in [5.41, 5.74) is 3.71. The highest BCUT2D eigenvalue weighted by molar-refractivity contribution is 6.30. The van der Waals surface area contributed by atoms with Gasteiger partial charge in [0.1, 0.15) is 11.2 Å². The summed E-state index contributed by atoms with van der Waals surface area (Å²) in [6.07, 6.45) is 7.31. The molecule has 0 N–H and O–H groups in total. The molecule has 2 heterocycles. The predicted octanol–water partition coefficient (Wildman–Crippen LogP) is 10.2. The molecular weight excluding hydrogens is 635 g/mol. The molecule has 0 aliphatic carbocycles. The third-order valence-electron chi connectivity index (χ3n) is 10.5. The van der Waals surface area contributed by atoms with Gasteiger partial charge in [-0.25, -0.2) is 0 Å². The number of hydrogen-bond acceptors (Lipinski definition) is 4. The van der Waals surface area contributed by atoms with E-state index >= 15 is 0 Å². The Morgan fingerprint density at radius 3 is 1.19 bits per heavy atom. The van der Waals surface area contributed by atoms with Crippen LogP contribution in [0.1, 0.15) is 74.6 Å². The molecule has 6 heteroatoms. The molecule has 4 nitrogen and oxygen atoms in total. The number of rotatable bonds is 12. The fourth-order valence-electron chi connectivity index (χ4n) is 7.20. The first-order valence-electron chi connectivity index (χ1n) is 17.5. The molecular formula is C42H52Cl2N2O2. The van der Waals surface area contributed by atoms with Gasteiger partial charge in [-0.2, -0.15) is 0 Å². The van der Waals surface area contributed by atoms with Gasteiger partial charge in [0, 0.05) is 35.3 Å². The van der Waals surface area contributed by atoms with E-state index in [1.807, 2.05) is 36.4 Å². The monoisotopic (exact) mass is 686 g/mol. The van der Waals surface area contributed by atoms with Crippen LogP contribution in [0.3, 0.4) is 0 Å². The van der Waals surface area contributed by atoms with Crippen molar-refractivity contribution in [3.63, 3.8) is 0 Å². The Labute approximate surface area is 299 Å². The SMILES string of the molecule is CN1CCC[C@@H]1CCOC(C)(c1ccccc1)c1ccc(Cl)cc1.CN1CCC[C@@H]1CCO[C@](C)(c1ccccc1)c1ccc(Cl)cc1. The van der Waals surface area contributed by atoms with Crippen molar-refractivity contribution in [2.24, 2.45) is 0 Å². The molecule has 2 saturated heterocycles. The first-order valence-corrected chi connectivity index (χ1v) is 18.3. The summed E-state index contributed by atoms with van der Waals surface area (Å²) in [4.78, 5) is 4.90. The van der Waals surface area contributed by atoms with Gasteiger partial charge in [0.2, 0.25) is 0 Å². The Balaban J connectivity index is 0.000000188. The van der Waals surface area contributed by atoms with Crippen molar-refractivity contribution in [2.75, 3.05) is 40.4 Å². The van der Waals surface area contributed by atoms with E-state index in [1.54, 1.807) is 0 Å². The zero-order valence-electron chi connectivity index (χ0n) is 29.1. The molecule has 0 bridgehead atoms. The van der Waals surface area contributed by atoms with Gasteiger partial charge in [0.25, 0.3) is 0 Å². The topological polar surface area (TPSA) is 24.9 Å². The van der Waals surface area contributed by atoms with Crippen LogP contribution in [0.15, 0.2) is 109 Å². The second-order valence-corrected chi connectivity index (χ2v) is 14.5. The van der Waals surface area contributed by atoms with Crippen LogP contribution in [-0.2, 0) is 20.7 Å². The van der Waals surface area contributed by atoms with Crippen LogP contribution < -0.4 is 0 Å². The van der Waals surface area contributed by atoms with Gasteiger partial charge < -0.3 is 19.3 Å². The quantitative estimate of drug-likeness (QED) is 0.148. The van der Waals surface area contributed by atoms with E-state index in [0.29, 0.717) is 12.1 Å². The van der Waals surface area contributed by atoms with Gasteiger partial charge in [-0.3, -0.25) is 0 Å². The van der Waals surface area contributed by atoms with Gasteiger partial charge in [-0.1, -0.05) is 108 Å². The highest BCUT2D eigenvalue weighted by Gasteiger charge is 2.32. The van der Waals surface area contributed by atoms with Crippen molar-refractivity contribution in [3.8, 4) is 0 Å². The first-order chi connectivity index (χ1) is 23.2. The molecule has 4 aromatic rings. The van der Waals surface area contributed by atoms with E-state index in [2.05, 4.69) is 111 Å². The van der Waals surface area contributed by atoms with Gasteiger partial charge in [0.15, 0.2) is 0 Å². The van der Waals surface area contributed by atoms with Crippen molar-refractivity contribution in [3.05, 3.63) is 141 Å². The molecule has 2 aliphatic rings. The second kappa shape index (κ2) is 17.3. The van der Waals surface area contributed by atoms with Gasteiger partial charge in [-0.05, 0) is 126 Å². The smallest absolute Gasteiger partial charge is 0.115 e. The minimum absolute atomic E-state index is 0.455. The zero-order valence-corrected chi connectivity index (χ0v) is 30.6. The lowest BCUT2D eigenvalue weighted by molar-refractivity contribution is -0.0119. The lowest BCUT2D eigenvalue weighted by atomic mass is 9.88. The van der Waals surface area contributed by atoms with Crippen molar-refractivity contribution < 1.29 is 9.47 Å². The van der Waals surface area contributed by atoms with Crippen molar-refractivity contribution in [1.82, 2.24) is 9.80 Å². The Hall–Kier alpha value is -2.70. The average Bonchev–Trinajstić information content (AvgIpc) is 3.72. The fourth-order valence-corrected chi connectivity index (χ4v) is 7.45. The summed E-state index contributed by atoms with van der Waals surface area (Å²) in [5, 5.41) is 1.50. The Bertz CT molecular complexity index is 1400. The molecule has 0 aromatic heterocycles. The van der Waals surface area contributed by atoms with Gasteiger partial charge in [0.05, 0.1) is 0 Å². The number of ether oxygens (including phenoxy) is 2. The lowest BCUT2D eigenvalue weighted by Gasteiger charge is -2.32. The zero-order chi connectivity index (χ0) is 34.0. The van der Waals surface area contributed by atoms with E-state index < -0.39 is 11.2 Å². The number of nitrogens with zero attached hydrogens (tertiary/aromatic N) is 2. The summed E-state index contributed by atoms with van der Waals surface area (Å²) in [6.45, 7) is 8.23. The summed E-state index contributed by atoms with van der Waals surface area (Å²) in [7, 11) is 4.43. The highest BCUT2D eigenvalue weighted by Crippen LogP contribution is 2.36. The van der Waals surface area contributed by atoms with Crippen LogP contribution >= 0.6 is 23.2 Å². The molecule has 0 radical (unpaired) electrons. The molecule has 0 saturated carbocycles. The van der Waals surface area contributed by atoms with E-state index in [4.69, 9.17) is 32.7 Å². The minimum Gasteiger partial charge on any atom is -0.366 e. The first kappa shape index (κ1) is 36.6. The van der Waals surface area contributed by atoms with Crippen LogP contribution in [0.2, 0.25) is 10.0 Å². The number of halogens is 2. The summed E-state index contributed by atoms with van der Waals surface area (Å²) >= 11 is 12.1. The number of likely N-dealkylation sites (tertiary alicyclic amines) is 2. The minimum atomic E-state index is -0.455. The number of benzene rings is 4. The largest absolute Gasteiger partial charge is 0.366 e. The Kier molecular flexibility index (Phi) is 13.2. The van der Waals surface area contributed by atoms with Crippen LogP contribution in [-0.4, -0.2) is 62.3 Å². The maximum absolute atomic E-state index is 6.48. The molecule has 2 aliphatic heterocycles. The van der Waals surface area contributed by atoms with E-state index in [1.165, 1.54) is 49.9 Å². The van der Waals surface area contributed by atoms with E-state index in [0.717, 1.165) is 47.2 Å². The fraction of sp³-hybridized carbons (Fsp3) is 0.429. The molecule has 4 aromatic carbocycles. The summed E-state index contributed by atoms with van der Waals surface area (Å²) in [5.74, 6) is 0. The lowest BCUT2D eigenvalue weighted by Crippen LogP contribution is -2.31. The molecule has 6 rings (SSSR count). The Morgan fingerprint density at radius 2 is 0.875 bits per heavy atom. The second-order valence-electron chi connectivity index (χ2n) is 13.6. The highest BCUT2D eigenvalue weighted by atomic mass is 35.5. The van der Waals surface area contributed by atoms with E-state index in [-0.39, 0.29) is 0 Å². The normalized spacial score (nSPS) is 20.9. The maximum atomic E-state index is 6.48. The predicted molar refractivity (Wildman–Crippen MR) is 201 cm³/mol. The molecule has 1 unspecified atom stereocenters. The third-order valence-corrected chi connectivity index (χ3v) is 11.0. The molecule has 0 spiro atoms. The van der Waals surface area contributed by atoms with Crippen LogP contribution in [0, 0.1) is 0 Å². The Morgan fingerprint density at radius 1 is 0.542 bits per heavy atom. The third kappa shape index (κ3) is 9.29. The molecule has 256 valence electrons. The molecule has 2 fully saturated rings. The molecule has 4 atom stereocenters. The summed E-state index contributed by atoms with van der Waals surface area (Å²) < 4.78 is 13.0. The number of hydrogen-bond donors (Lipinski definition) is 0. The van der Waals surface area contributed by atoms with Crippen LogP contribution in [0.25, 0.3) is 0 Å². The van der Waals surface area contributed by atoms with Crippen molar-refractivity contribution in [1.29, 1.82) is 0 Å². The van der Waals surface area contributed by atoms with Crippen LogP contribution in [0.5, 0.6) is 0 Å². The van der Waals surface area contributed by atoms with Crippen molar-refractivity contribution >= 4 is 23.2 Å². The maximum Gasteiger partial charge on any atom is 0.115 e. The molecule has 48 heavy (non-hydrogen) atoms. The van der Waals surface area contributed by atoms with Gasteiger partial charge >= 0.3 is 0 Å². The average molecular weight is 688 g/mol. The summed E-state index contributed by atoms with van der Waals surface area (Å²) in [6, 6.07) is 38.2. The standard InChI is InChI=1S/2C21H26ClNO/c2*1-21(17-7-4-3-5-8-17,18-10-12-19(22)13-11-18)24-16-14-20-9-6-15-23(20)2/h2*3-5,7-8,10-13,20H,6,9,14-16H2,1-2H3/t20-,21?;20-,21-/m11/s1. The van der Waals surface area contributed by atoms with Crippen LogP contribution in [0.4, 0.5) is 0 Å². The van der Waals surface area contributed by atoms with Gasteiger partial charge in [-0.15, -0.1) is 0 Å². The molecule has 0 amide bonds. The van der Waals surface area contributed by atoms with Crippen molar-refractivity contribution in [2.45, 2.75) is 75.7 Å². The van der Waals surface area contributed by atoms with E-state index in [9.17, 15) is 0 Å².